The normalized spacial score (nSPS) is 12.0. The van der Waals surface area contributed by atoms with Crippen LogP contribution in [0, 0.1) is 0 Å². The van der Waals surface area contributed by atoms with E-state index >= 15 is 0 Å². The fraction of sp³-hybridized carbons (Fsp3) is 0.308. The molecule has 0 bridgehead atoms. The number of methoxy groups -OCH3 is 1. The summed E-state index contributed by atoms with van der Waals surface area (Å²) in [5, 5.41) is 1.96. The van der Waals surface area contributed by atoms with E-state index in [2.05, 4.69) is 16.0 Å². The number of benzene rings is 1. The number of hydrogen-bond acceptors (Lipinski definition) is 2. The van der Waals surface area contributed by atoms with Crippen molar-refractivity contribution in [3.05, 3.63) is 30.0 Å². The predicted octanol–water partition coefficient (Wildman–Crippen LogP) is 0.477. The standard InChI is InChI=1S/C13H17N3OS/c1-17-10-3-4-12-11(7-10)9(8-16-12)5-6-15-13(14)18-2/h3-4,7-8,16H,5-6H2,1-2H3,(H2,14,15)/p+1. The van der Waals surface area contributed by atoms with E-state index in [-0.39, 0.29) is 0 Å². The lowest BCUT2D eigenvalue weighted by Crippen LogP contribution is -2.75. The molecule has 0 unspecified atom stereocenters. The number of aromatic nitrogens is 1. The van der Waals surface area contributed by atoms with Gasteiger partial charge in [0.25, 0.3) is 0 Å². The van der Waals surface area contributed by atoms with Crippen molar-refractivity contribution in [2.24, 2.45) is 5.73 Å². The average Bonchev–Trinajstić information content (AvgIpc) is 2.81. The van der Waals surface area contributed by atoms with Crippen LogP contribution in [0.1, 0.15) is 5.56 Å². The summed E-state index contributed by atoms with van der Waals surface area (Å²) in [6.45, 7) is 0.830. The predicted molar refractivity (Wildman–Crippen MR) is 77.1 cm³/mol. The SMILES string of the molecule is COc1ccc2[nH]cc(CC[NH+]=C(N)SC)c2c1. The Morgan fingerprint density at radius 3 is 3.06 bits per heavy atom. The molecule has 0 spiro atoms. The molecule has 0 atom stereocenters. The Balaban J connectivity index is 2.18. The van der Waals surface area contributed by atoms with Gasteiger partial charge in [0.1, 0.15) is 5.75 Å². The molecule has 4 nitrogen and oxygen atoms in total. The number of fused-ring (bicyclic) bond motifs is 1. The van der Waals surface area contributed by atoms with E-state index in [0.717, 1.165) is 29.4 Å². The molecule has 5 heteroatoms. The zero-order valence-corrected chi connectivity index (χ0v) is 11.4. The Morgan fingerprint density at radius 2 is 2.33 bits per heavy atom. The van der Waals surface area contributed by atoms with Crippen molar-refractivity contribution in [2.45, 2.75) is 6.42 Å². The molecule has 1 aromatic carbocycles. The second-order valence-corrected chi connectivity index (χ2v) is 4.82. The lowest BCUT2D eigenvalue weighted by molar-refractivity contribution is -0.454. The zero-order valence-electron chi connectivity index (χ0n) is 10.6. The molecule has 0 aliphatic heterocycles. The fourth-order valence-corrected chi connectivity index (χ4v) is 2.13. The van der Waals surface area contributed by atoms with Crippen molar-refractivity contribution in [1.29, 1.82) is 0 Å². The molecular formula is C13H18N3OS+. The molecule has 0 saturated carbocycles. The summed E-state index contributed by atoms with van der Waals surface area (Å²) in [7, 11) is 1.68. The monoisotopic (exact) mass is 264 g/mol. The molecule has 96 valence electrons. The van der Waals surface area contributed by atoms with Crippen LogP contribution < -0.4 is 15.5 Å². The number of H-pyrrole nitrogens is 1. The van der Waals surface area contributed by atoms with Crippen molar-refractivity contribution >= 4 is 27.8 Å². The van der Waals surface area contributed by atoms with Crippen LogP contribution in [-0.4, -0.2) is 30.1 Å². The summed E-state index contributed by atoms with van der Waals surface area (Å²) >= 11 is 1.53. The van der Waals surface area contributed by atoms with Gasteiger partial charge >= 0.3 is 5.17 Å². The van der Waals surface area contributed by atoms with Crippen LogP contribution in [0.25, 0.3) is 10.9 Å². The van der Waals surface area contributed by atoms with Crippen LogP contribution in [0.2, 0.25) is 0 Å². The topological polar surface area (TPSA) is 65.0 Å². The van der Waals surface area contributed by atoms with Crippen molar-refractivity contribution in [3.8, 4) is 5.75 Å². The molecule has 0 amide bonds. The summed E-state index contributed by atoms with van der Waals surface area (Å²) in [5.41, 5.74) is 8.11. The van der Waals surface area contributed by atoms with Crippen LogP contribution in [0.15, 0.2) is 24.4 Å². The number of hydrogen-bond donors (Lipinski definition) is 3. The summed E-state index contributed by atoms with van der Waals surface area (Å²) < 4.78 is 5.25. The first kappa shape index (κ1) is 12.8. The van der Waals surface area contributed by atoms with Crippen LogP contribution in [-0.2, 0) is 6.42 Å². The van der Waals surface area contributed by atoms with Gasteiger partial charge in [0.05, 0.1) is 13.7 Å². The number of ether oxygens (including phenoxy) is 1. The lowest BCUT2D eigenvalue weighted by Gasteiger charge is -2.00. The van der Waals surface area contributed by atoms with E-state index in [9.17, 15) is 0 Å². The number of amidine groups is 1. The van der Waals surface area contributed by atoms with E-state index < -0.39 is 0 Å². The van der Waals surface area contributed by atoms with Gasteiger partial charge in [0.15, 0.2) is 0 Å². The van der Waals surface area contributed by atoms with Crippen molar-refractivity contribution in [2.75, 3.05) is 19.9 Å². The van der Waals surface area contributed by atoms with Crippen molar-refractivity contribution in [3.63, 3.8) is 0 Å². The van der Waals surface area contributed by atoms with Gasteiger partial charge in [-0.2, -0.15) is 0 Å². The smallest absolute Gasteiger partial charge is 0.301 e. The Hall–Kier alpha value is -1.62. The maximum absolute atomic E-state index is 5.71. The van der Waals surface area contributed by atoms with Crippen LogP contribution in [0.5, 0.6) is 5.75 Å². The first-order valence-corrected chi connectivity index (χ1v) is 7.01. The van der Waals surface area contributed by atoms with Crippen molar-refractivity contribution in [1.82, 2.24) is 4.98 Å². The minimum atomic E-state index is 0.757. The lowest BCUT2D eigenvalue weighted by atomic mass is 10.1. The van der Waals surface area contributed by atoms with Gasteiger partial charge in [-0.1, -0.05) is 0 Å². The Morgan fingerprint density at radius 1 is 1.50 bits per heavy atom. The van der Waals surface area contributed by atoms with Crippen molar-refractivity contribution < 1.29 is 9.73 Å². The van der Waals surface area contributed by atoms with E-state index in [1.165, 1.54) is 22.7 Å². The fourth-order valence-electron chi connectivity index (χ4n) is 1.88. The van der Waals surface area contributed by atoms with Gasteiger partial charge in [-0.25, -0.2) is 0 Å². The molecule has 2 aromatic rings. The number of aromatic amines is 1. The summed E-state index contributed by atoms with van der Waals surface area (Å²) in [6.07, 6.45) is 4.92. The quantitative estimate of drug-likeness (QED) is 0.556. The third kappa shape index (κ3) is 2.79. The number of nitrogens with one attached hydrogen (secondary N) is 2. The number of nitrogens with two attached hydrogens (primary N) is 1. The molecular weight excluding hydrogens is 246 g/mol. The third-order valence-corrected chi connectivity index (χ3v) is 3.47. The molecule has 2 rings (SSSR count). The van der Waals surface area contributed by atoms with Crippen LogP contribution in [0.3, 0.4) is 0 Å². The largest absolute Gasteiger partial charge is 0.497 e. The Labute approximate surface area is 111 Å². The van der Waals surface area contributed by atoms with E-state index in [1.807, 2.05) is 24.6 Å². The molecule has 0 radical (unpaired) electrons. The third-order valence-electron chi connectivity index (χ3n) is 2.89. The molecule has 4 N–H and O–H groups in total. The van der Waals surface area contributed by atoms with Gasteiger partial charge in [-0.15, -0.1) is 0 Å². The Kier molecular flexibility index (Phi) is 4.15. The maximum atomic E-state index is 5.71. The Bertz CT molecular complexity index is 562. The van der Waals surface area contributed by atoms with Gasteiger partial charge < -0.3 is 9.72 Å². The molecule has 1 heterocycles. The van der Waals surface area contributed by atoms with E-state index in [0.29, 0.717) is 0 Å². The molecule has 1 aromatic heterocycles. The second kappa shape index (κ2) is 5.82. The number of rotatable bonds is 4. The number of thioether (sulfide) groups is 1. The van der Waals surface area contributed by atoms with Crippen LogP contribution in [0.4, 0.5) is 0 Å². The summed E-state index contributed by atoms with van der Waals surface area (Å²) in [6, 6.07) is 6.05. The minimum absolute atomic E-state index is 0.757. The highest BCUT2D eigenvalue weighted by Gasteiger charge is 2.05. The van der Waals surface area contributed by atoms with E-state index in [1.54, 1.807) is 7.11 Å². The highest BCUT2D eigenvalue weighted by Crippen LogP contribution is 2.23. The molecule has 0 aliphatic carbocycles. The van der Waals surface area contributed by atoms with Crippen LogP contribution >= 0.6 is 11.8 Å². The van der Waals surface area contributed by atoms with Gasteiger partial charge in [-0.3, -0.25) is 10.7 Å². The highest BCUT2D eigenvalue weighted by molar-refractivity contribution is 8.12. The minimum Gasteiger partial charge on any atom is -0.497 e. The molecule has 0 saturated heterocycles. The molecule has 18 heavy (non-hydrogen) atoms. The highest BCUT2D eigenvalue weighted by atomic mass is 32.2. The second-order valence-electron chi connectivity index (χ2n) is 3.97. The molecule has 0 fully saturated rings. The van der Waals surface area contributed by atoms with Gasteiger partial charge in [0, 0.05) is 23.5 Å². The molecule has 0 aliphatic rings. The maximum Gasteiger partial charge on any atom is 0.301 e. The summed E-state index contributed by atoms with van der Waals surface area (Å²) in [4.78, 5) is 6.44. The van der Waals surface area contributed by atoms with Gasteiger partial charge in [0.2, 0.25) is 0 Å². The van der Waals surface area contributed by atoms with E-state index in [4.69, 9.17) is 10.5 Å². The summed E-state index contributed by atoms with van der Waals surface area (Å²) in [5.74, 6) is 0.881. The first-order valence-electron chi connectivity index (χ1n) is 5.79. The first-order chi connectivity index (χ1) is 8.74. The zero-order chi connectivity index (χ0) is 13.0. The van der Waals surface area contributed by atoms with Gasteiger partial charge in [-0.05, 0) is 41.8 Å². The average molecular weight is 264 g/mol.